The fourth-order valence-corrected chi connectivity index (χ4v) is 3.85. The van der Waals surface area contributed by atoms with E-state index in [1.54, 1.807) is 22.4 Å². The molecule has 1 aliphatic rings. The van der Waals surface area contributed by atoms with Crippen LogP contribution in [0.5, 0.6) is 0 Å². The van der Waals surface area contributed by atoms with Crippen LogP contribution >= 0.6 is 11.8 Å². The van der Waals surface area contributed by atoms with Gasteiger partial charge in [0.1, 0.15) is 0 Å². The van der Waals surface area contributed by atoms with Crippen LogP contribution in [0.1, 0.15) is 5.56 Å². The van der Waals surface area contributed by atoms with E-state index >= 15 is 0 Å². The van der Waals surface area contributed by atoms with Crippen LogP contribution < -0.4 is 11.2 Å². The predicted octanol–water partition coefficient (Wildman–Crippen LogP) is 2.45. The van der Waals surface area contributed by atoms with Gasteiger partial charge in [0.15, 0.2) is 0 Å². The number of hydrogen-bond acceptors (Lipinski definition) is 3. The predicted molar refractivity (Wildman–Crippen MR) is 79.0 cm³/mol. The SMILES string of the molecule is Cc1cccc2c1-n1c(=O)[nH]c(=O)c3cccc(c31)S2. The number of rotatable bonds is 0. The Hall–Kier alpha value is -2.27. The number of aromatic amines is 1. The second-order valence-electron chi connectivity index (χ2n) is 4.77. The van der Waals surface area contributed by atoms with Gasteiger partial charge in [0.05, 0.1) is 16.6 Å². The van der Waals surface area contributed by atoms with E-state index in [1.165, 1.54) is 0 Å². The highest BCUT2D eigenvalue weighted by molar-refractivity contribution is 7.99. The van der Waals surface area contributed by atoms with E-state index in [1.807, 2.05) is 37.3 Å². The molecule has 98 valence electrons. The van der Waals surface area contributed by atoms with Gasteiger partial charge in [0.25, 0.3) is 5.56 Å². The number of benzene rings is 2. The van der Waals surface area contributed by atoms with Crippen molar-refractivity contribution < 1.29 is 0 Å². The molecule has 0 unspecified atom stereocenters. The summed E-state index contributed by atoms with van der Waals surface area (Å²) in [5, 5.41) is 0.545. The molecule has 0 saturated carbocycles. The molecule has 0 fully saturated rings. The summed E-state index contributed by atoms with van der Waals surface area (Å²) in [4.78, 5) is 28.6. The van der Waals surface area contributed by atoms with E-state index < -0.39 is 0 Å². The first-order chi connectivity index (χ1) is 9.66. The van der Waals surface area contributed by atoms with Gasteiger partial charge < -0.3 is 0 Å². The fraction of sp³-hybridized carbons (Fsp3) is 0.0667. The lowest BCUT2D eigenvalue weighted by atomic mass is 10.1. The second kappa shape index (κ2) is 3.86. The number of para-hydroxylation sites is 2. The largest absolute Gasteiger partial charge is 0.333 e. The van der Waals surface area contributed by atoms with Gasteiger partial charge in [-0.15, -0.1) is 0 Å². The zero-order chi connectivity index (χ0) is 13.9. The van der Waals surface area contributed by atoms with Crippen LogP contribution in [-0.2, 0) is 0 Å². The van der Waals surface area contributed by atoms with Crippen LogP contribution in [0.4, 0.5) is 0 Å². The van der Waals surface area contributed by atoms with E-state index in [-0.39, 0.29) is 11.2 Å². The number of hydrogen-bond donors (Lipinski definition) is 1. The van der Waals surface area contributed by atoms with Crippen molar-refractivity contribution >= 4 is 22.7 Å². The lowest BCUT2D eigenvalue weighted by molar-refractivity contribution is 0.900. The van der Waals surface area contributed by atoms with E-state index in [0.717, 1.165) is 21.0 Å². The van der Waals surface area contributed by atoms with E-state index in [4.69, 9.17) is 0 Å². The van der Waals surface area contributed by atoms with E-state index in [2.05, 4.69) is 4.98 Å². The van der Waals surface area contributed by atoms with Gasteiger partial charge in [-0.25, -0.2) is 4.79 Å². The molecule has 4 rings (SSSR count). The van der Waals surface area contributed by atoms with Crippen LogP contribution in [0.25, 0.3) is 16.6 Å². The van der Waals surface area contributed by atoms with Crippen molar-refractivity contribution in [2.45, 2.75) is 16.7 Å². The Labute approximate surface area is 118 Å². The Morgan fingerprint density at radius 1 is 1.05 bits per heavy atom. The number of aromatic nitrogens is 2. The standard InChI is InChI=1S/C15H10N2O2S/c1-8-4-2-6-10-12(8)17-13-9(14(18)16-15(17)19)5-3-7-11(13)20-10/h2-7H,1H3,(H,16,18,19). The van der Waals surface area contributed by atoms with Crippen molar-refractivity contribution in [2.24, 2.45) is 0 Å². The molecule has 0 amide bonds. The third kappa shape index (κ3) is 1.38. The quantitative estimate of drug-likeness (QED) is 0.539. The molecular weight excluding hydrogens is 272 g/mol. The Morgan fingerprint density at radius 2 is 1.80 bits per heavy atom. The molecule has 2 heterocycles. The van der Waals surface area contributed by atoms with Crippen molar-refractivity contribution in [1.29, 1.82) is 0 Å². The minimum absolute atomic E-state index is 0.333. The summed E-state index contributed by atoms with van der Waals surface area (Å²) in [5.41, 5.74) is 1.86. The maximum Gasteiger partial charge on any atom is 0.333 e. The van der Waals surface area contributed by atoms with Crippen LogP contribution in [0.15, 0.2) is 55.8 Å². The summed E-state index contributed by atoms with van der Waals surface area (Å²) in [6.07, 6.45) is 0. The molecule has 0 radical (unpaired) electrons. The first-order valence-corrected chi connectivity index (χ1v) is 7.04. The molecule has 20 heavy (non-hydrogen) atoms. The summed E-state index contributed by atoms with van der Waals surface area (Å²) in [6, 6.07) is 11.5. The van der Waals surface area contributed by atoms with Gasteiger partial charge in [0, 0.05) is 9.79 Å². The zero-order valence-electron chi connectivity index (χ0n) is 10.6. The normalized spacial score (nSPS) is 12.4. The smallest absolute Gasteiger partial charge is 0.273 e. The monoisotopic (exact) mass is 282 g/mol. The van der Waals surface area contributed by atoms with Crippen molar-refractivity contribution in [2.75, 3.05) is 0 Å². The number of nitrogens with one attached hydrogen (secondary N) is 1. The average molecular weight is 282 g/mol. The van der Waals surface area contributed by atoms with Crippen LogP contribution in [0.2, 0.25) is 0 Å². The van der Waals surface area contributed by atoms with Crippen LogP contribution in [-0.4, -0.2) is 9.55 Å². The van der Waals surface area contributed by atoms with Gasteiger partial charge in [-0.3, -0.25) is 14.3 Å². The number of fused-ring (bicyclic) bond motifs is 2. The number of nitrogens with zero attached hydrogens (tertiary/aromatic N) is 1. The summed E-state index contributed by atoms with van der Waals surface area (Å²) >= 11 is 1.59. The lowest BCUT2D eigenvalue weighted by Gasteiger charge is -2.22. The van der Waals surface area contributed by atoms with Crippen LogP contribution in [0.3, 0.4) is 0 Å². The summed E-state index contributed by atoms with van der Waals surface area (Å²) in [7, 11) is 0. The van der Waals surface area contributed by atoms with Crippen molar-refractivity contribution in [1.82, 2.24) is 9.55 Å². The minimum atomic E-state index is -0.384. The Bertz CT molecular complexity index is 985. The molecule has 3 aromatic rings. The summed E-state index contributed by atoms with van der Waals surface area (Å²) < 4.78 is 1.62. The average Bonchev–Trinajstić information content (AvgIpc) is 2.43. The van der Waals surface area contributed by atoms with E-state index in [9.17, 15) is 9.59 Å². The summed E-state index contributed by atoms with van der Waals surface area (Å²) in [6.45, 7) is 1.97. The van der Waals surface area contributed by atoms with Gasteiger partial charge in [-0.1, -0.05) is 30.0 Å². The van der Waals surface area contributed by atoms with Crippen molar-refractivity contribution in [3.05, 3.63) is 62.8 Å². The number of H-pyrrole nitrogens is 1. The van der Waals surface area contributed by atoms with Crippen LogP contribution in [0, 0.1) is 6.92 Å². The maximum atomic E-state index is 12.3. The third-order valence-electron chi connectivity index (χ3n) is 3.54. The molecule has 0 aliphatic carbocycles. The lowest BCUT2D eigenvalue weighted by Crippen LogP contribution is -2.31. The van der Waals surface area contributed by atoms with Crippen molar-refractivity contribution in [3.8, 4) is 5.69 Å². The zero-order valence-corrected chi connectivity index (χ0v) is 11.5. The highest BCUT2D eigenvalue weighted by atomic mass is 32.2. The summed E-state index contributed by atoms with van der Waals surface area (Å²) in [5.74, 6) is 0. The topological polar surface area (TPSA) is 54.9 Å². The maximum absolute atomic E-state index is 12.3. The molecule has 1 N–H and O–H groups in total. The Kier molecular flexibility index (Phi) is 2.23. The Balaban J connectivity index is 2.34. The van der Waals surface area contributed by atoms with Crippen molar-refractivity contribution in [3.63, 3.8) is 0 Å². The molecule has 0 spiro atoms. The van der Waals surface area contributed by atoms with Gasteiger partial charge in [0.2, 0.25) is 0 Å². The molecule has 1 aromatic heterocycles. The van der Waals surface area contributed by atoms with E-state index in [0.29, 0.717) is 10.9 Å². The molecule has 0 bridgehead atoms. The van der Waals surface area contributed by atoms with Gasteiger partial charge >= 0.3 is 5.69 Å². The van der Waals surface area contributed by atoms with Gasteiger partial charge in [-0.2, -0.15) is 0 Å². The Morgan fingerprint density at radius 3 is 2.65 bits per heavy atom. The molecular formula is C15H10N2O2S. The fourth-order valence-electron chi connectivity index (χ4n) is 2.67. The third-order valence-corrected chi connectivity index (χ3v) is 4.63. The molecule has 2 aromatic carbocycles. The molecule has 1 aliphatic heterocycles. The molecule has 0 saturated heterocycles. The first-order valence-electron chi connectivity index (χ1n) is 6.23. The first kappa shape index (κ1) is 11.5. The molecule has 4 nitrogen and oxygen atoms in total. The van der Waals surface area contributed by atoms with Gasteiger partial charge in [-0.05, 0) is 30.7 Å². The molecule has 0 atom stereocenters. The number of aryl methyl sites for hydroxylation is 1. The second-order valence-corrected chi connectivity index (χ2v) is 5.85. The minimum Gasteiger partial charge on any atom is -0.273 e. The highest BCUT2D eigenvalue weighted by Crippen LogP contribution is 2.41. The molecule has 5 heteroatoms. The highest BCUT2D eigenvalue weighted by Gasteiger charge is 2.22.